The number of nitrogens with zero attached hydrogens (tertiary/aromatic N) is 2. The van der Waals surface area contributed by atoms with Crippen LogP contribution in [0.1, 0.15) is 6.92 Å². The molecule has 0 spiro atoms. The Morgan fingerprint density at radius 2 is 1.64 bits per heavy atom. The van der Waals surface area contributed by atoms with E-state index in [-0.39, 0.29) is 13.2 Å². The number of hydrogen-bond donors (Lipinski definition) is 2. The lowest BCUT2D eigenvalue weighted by Gasteiger charge is -2.35. The van der Waals surface area contributed by atoms with Gasteiger partial charge in [-0.25, -0.2) is 0 Å². The maximum absolute atomic E-state index is 8.93. The molecule has 1 heterocycles. The van der Waals surface area contributed by atoms with E-state index in [1.165, 1.54) is 0 Å². The number of aliphatic hydroxyl groups excluding tert-OH is 2. The molecule has 4 nitrogen and oxygen atoms in total. The number of piperazine rings is 1. The van der Waals surface area contributed by atoms with Gasteiger partial charge in [0.2, 0.25) is 0 Å². The molecule has 4 heteroatoms. The third-order valence-electron chi connectivity index (χ3n) is 2.76. The van der Waals surface area contributed by atoms with E-state index in [2.05, 4.69) is 16.7 Å². The number of aliphatic hydroxyl groups is 2. The van der Waals surface area contributed by atoms with Crippen molar-refractivity contribution in [2.45, 2.75) is 6.92 Å². The van der Waals surface area contributed by atoms with Gasteiger partial charge in [-0.15, -0.1) is 0 Å². The minimum atomic E-state index is 0.257. The molecule has 0 aromatic heterocycles. The molecule has 84 valence electrons. The predicted octanol–water partition coefficient (Wildman–Crippen LogP) is -0.775. The molecule has 0 amide bonds. The van der Waals surface area contributed by atoms with E-state index >= 15 is 0 Å². The summed E-state index contributed by atoms with van der Waals surface area (Å²) in [6.07, 6.45) is 0. The fraction of sp³-hybridized carbons (Fsp3) is 1.00. The van der Waals surface area contributed by atoms with Crippen LogP contribution >= 0.6 is 0 Å². The average molecular weight is 202 g/mol. The molecule has 14 heavy (non-hydrogen) atoms. The van der Waals surface area contributed by atoms with Gasteiger partial charge >= 0.3 is 0 Å². The van der Waals surface area contributed by atoms with Crippen molar-refractivity contribution in [1.29, 1.82) is 0 Å². The van der Waals surface area contributed by atoms with Crippen molar-refractivity contribution in [3.8, 4) is 0 Å². The van der Waals surface area contributed by atoms with Gasteiger partial charge in [0.15, 0.2) is 0 Å². The standard InChI is InChI=1S/C10H22N2O2/c1-10(9-14)8-12-4-2-11(3-5-12)6-7-13/h10,13-14H,2-9H2,1H3. The van der Waals surface area contributed by atoms with E-state index in [9.17, 15) is 0 Å². The molecule has 1 unspecified atom stereocenters. The number of rotatable bonds is 5. The highest BCUT2D eigenvalue weighted by atomic mass is 16.3. The fourth-order valence-corrected chi connectivity index (χ4v) is 1.84. The molecule has 0 aromatic carbocycles. The van der Waals surface area contributed by atoms with Gasteiger partial charge in [0.05, 0.1) is 6.61 Å². The third kappa shape index (κ3) is 3.92. The first-order valence-corrected chi connectivity index (χ1v) is 5.42. The molecule has 1 aliphatic rings. The zero-order chi connectivity index (χ0) is 10.4. The third-order valence-corrected chi connectivity index (χ3v) is 2.76. The van der Waals surface area contributed by atoms with Gasteiger partial charge in [-0.3, -0.25) is 4.90 Å². The highest BCUT2D eigenvalue weighted by Gasteiger charge is 2.17. The molecule has 1 saturated heterocycles. The molecule has 1 rings (SSSR count). The van der Waals surface area contributed by atoms with Crippen LogP contribution in [0, 0.1) is 5.92 Å². The Labute approximate surface area is 86.1 Å². The zero-order valence-electron chi connectivity index (χ0n) is 9.02. The van der Waals surface area contributed by atoms with E-state index < -0.39 is 0 Å². The van der Waals surface area contributed by atoms with Crippen molar-refractivity contribution < 1.29 is 10.2 Å². The second kappa shape index (κ2) is 6.35. The van der Waals surface area contributed by atoms with Gasteiger partial charge < -0.3 is 15.1 Å². The second-order valence-electron chi connectivity index (χ2n) is 4.15. The topological polar surface area (TPSA) is 46.9 Å². The summed E-state index contributed by atoms with van der Waals surface area (Å²) in [5.41, 5.74) is 0. The van der Waals surface area contributed by atoms with E-state index in [1.54, 1.807) is 0 Å². The van der Waals surface area contributed by atoms with Crippen LogP contribution in [0.3, 0.4) is 0 Å². The Kier molecular flexibility index (Phi) is 5.40. The van der Waals surface area contributed by atoms with Gasteiger partial charge in [-0.1, -0.05) is 6.92 Å². The Bertz CT molecular complexity index is 147. The van der Waals surface area contributed by atoms with E-state index in [4.69, 9.17) is 10.2 Å². The van der Waals surface area contributed by atoms with E-state index in [0.717, 1.165) is 39.3 Å². The summed E-state index contributed by atoms with van der Waals surface area (Å²) in [6, 6.07) is 0. The molecule has 1 fully saturated rings. The van der Waals surface area contributed by atoms with Crippen LogP contribution in [0.25, 0.3) is 0 Å². The van der Waals surface area contributed by atoms with Crippen LogP contribution < -0.4 is 0 Å². The predicted molar refractivity (Wildman–Crippen MR) is 56.2 cm³/mol. The lowest BCUT2D eigenvalue weighted by Crippen LogP contribution is -2.48. The van der Waals surface area contributed by atoms with Gasteiger partial charge in [0.1, 0.15) is 0 Å². The lowest BCUT2D eigenvalue weighted by molar-refractivity contribution is 0.0928. The first kappa shape index (κ1) is 11.9. The summed E-state index contributed by atoms with van der Waals surface area (Å²) < 4.78 is 0. The summed E-state index contributed by atoms with van der Waals surface area (Å²) in [4.78, 5) is 4.66. The van der Waals surface area contributed by atoms with E-state index in [0.29, 0.717) is 5.92 Å². The highest BCUT2D eigenvalue weighted by molar-refractivity contribution is 4.72. The Hall–Kier alpha value is -0.160. The van der Waals surface area contributed by atoms with Crippen LogP contribution in [-0.2, 0) is 0 Å². The minimum Gasteiger partial charge on any atom is -0.396 e. The molecule has 1 atom stereocenters. The van der Waals surface area contributed by atoms with Crippen LogP contribution in [0.2, 0.25) is 0 Å². The van der Waals surface area contributed by atoms with Crippen molar-refractivity contribution in [3.63, 3.8) is 0 Å². The molecule has 0 bridgehead atoms. The Balaban J connectivity index is 2.15. The SMILES string of the molecule is CC(CO)CN1CCN(CCO)CC1. The molecule has 0 aliphatic carbocycles. The Morgan fingerprint density at radius 3 is 2.14 bits per heavy atom. The van der Waals surface area contributed by atoms with Crippen molar-refractivity contribution >= 4 is 0 Å². The van der Waals surface area contributed by atoms with E-state index in [1.807, 2.05) is 0 Å². The average Bonchev–Trinajstić information content (AvgIpc) is 2.21. The molecular formula is C10H22N2O2. The van der Waals surface area contributed by atoms with Crippen molar-refractivity contribution in [3.05, 3.63) is 0 Å². The van der Waals surface area contributed by atoms with Crippen molar-refractivity contribution in [1.82, 2.24) is 9.80 Å². The van der Waals surface area contributed by atoms with Crippen LogP contribution in [0.4, 0.5) is 0 Å². The first-order chi connectivity index (χ1) is 6.76. The first-order valence-electron chi connectivity index (χ1n) is 5.42. The normalized spacial score (nSPS) is 22.5. The molecular weight excluding hydrogens is 180 g/mol. The fourth-order valence-electron chi connectivity index (χ4n) is 1.84. The monoisotopic (exact) mass is 202 g/mol. The van der Waals surface area contributed by atoms with Gasteiger partial charge in [-0.2, -0.15) is 0 Å². The summed E-state index contributed by atoms with van der Waals surface area (Å²) in [7, 11) is 0. The summed E-state index contributed by atoms with van der Waals surface area (Å²) in [6.45, 7) is 8.59. The number of β-amino-alcohol motifs (C(OH)–C–C–N with tert-alkyl or cyclic N) is 1. The zero-order valence-corrected chi connectivity index (χ0v) is 9.02. The smallest absolute Gasteiger partial charge is 0.0558 e. The lowest BCUT2D eigenvalue weighted by atomic mass is 10.1. The molecule has 1 aliphatic heterocycles. The van der Waals surface area contributed by atoms with Crippen LogP contribution in [0.5, 0.6) is 0 Å². The molecule has 2 N–H and O–H groups in total. The second-order valence-corrected chi connectivity index (χ2v) is 4.15. The van der Waals surface area contributed by atoms with Gasteiger partial charge in [0.25, 0.3) is 0 Å². The minimum absolute atomic E-state index is 0.257. The quantitative estimate of drug-likeness (QED) is 0.614. The maximum Gasteiger partial charge on any atom is 0.0558 e. The molecule has 0 radical (unpaired) electrons. The highest BCUT2D eigenvalue weighted by Crippen LogP contribution is 2.04. The van der Waals surface area contributed by atoms with Gasteiger partial charge in [-0.05, 0) is 5.92 Å². The van der Waals surface area contributed by atoms with Crippen molar-refractivity contribution in [2.75, 3.05) is 52.5 Å². The number of hydrogen-bond acceptors (Lipinski definition) is 4. The maximum atomic E-state index is 8.93. The molecule has 0 saturated carbocycles. The molecule has 0 aromatic rings. The summed E-state index contributed by atoms with van der Waals surface area (Å²) >= 11 is 0. The summed E-state index contributed by atoms with van der Waals surface area (Å²) in [5.74, 6) is 0.374. The Morgan fingerprint density at radius 1 is 1.07 bits per heavy atom. The van der Waals surface area contributed by atoms with Crippen LogP contribution in [0.15, 0.2) is 0 Å². The largest absolute Gasteiger partial charge is 0.396 e. The van der Waals surface area contributed by atoms with Crippen LogP contribution in [-0.4, -0.2) is 72.5 Å². The van der Waals surface area contributed by atoms with Gasteiger partial charge in [0, 0.05) is 45.9 Å². The van der Waals surface area contributed by atoms with Crippen molar-refractivity contribution in [2.24, 2.45) is 5.92 Å². The summed E-state index contributed by atoms with van der Waals surface area (Å²) in [5, 5.41) is 17.7.